The molecule has 2 unspecified atom stereocenters. The molecule has 0 amide bonds. The molecule has 0 aromatic heterocycles. The second-order valence-electron chi connectivity index (χ2n) is 25.8. The standard InChI is InChI=1S/C66H128O17P2/c1-56(2)42-34-26-18-14-10-9-11-16-20-30-38-46-63(68)76-52-61(82-65(70)48-40-32-21-17-13-12-15-19-27-35-43-57(3)4)54-80-84(72,73)78-50-60(67)51-79-85(74,75)81-55-62(83-66(71)49-41-33-25-23-29-37-45-59(7)8)53-77-64(69)47-39-31-24-22-28-36-44-58(5)6/h56-62,67H,9-55H2,1-8H3,(H,72,73)(H,74,75)/t60-,61-,62-/m1/s1. The quantitative estimate of drug-likeness (QED) is 0.0222. The number of hydrogen-bond donors (Lipinski definition) is 3. The van der Waals surface area contributed by atoms with Gasteiger partial charge in [-0.2, -0.15) is 0 Å². The molecular weight excluding hydrogens is 1130 g/mol. The van der Waals surface area contributed by atoms with Gasteiger partial charge < -0.3 is 33.8 Å². The topological polar surface area (TPSA) is 237 Å². The lowest BCUT2D eigenvalue weighted by molar-refractivity contribution is -0.161. The fourth-order valence-electron chi connectivity index (χ4n) is 9.78. The Balaban J connectivity index is 5.24. The largest absolute Gasteiger partial charge is 0.472 e. The van der Waals surface area contributed by atoms with E-state index >= 15 is 0 Å². The Labute approximate surface area is 517 Å². The Morgan fingerprint density at radius 2 is 0.494 bits per heavy atom. The molecule has 504 valence electrons. The first-order valence-electron chi connectivity index (χ1n) is 34.2. The van der Waals surface area contributed by atoms with Gasteiger partial charge in [-0.25, -0.2) is 9.13 Å². The van der Waals surface area contributed by atoms with Gasteiger partial charge in [0.2, 0.25) is 0 Å². The van der Waals surface area contributed by atoms with E-state index in [-0.39, 0.29) is 25.7 Å². The smallest absolute Gasteiger partial charge is 0.462 e. The molecule has 0 aromatic rings. The predicted octanol–water partition coefficient (Wildman–Crippen LogP) is 18.1. The molecule has 0 aromatic carbocycles. The summed E-state index contributed by atoms with van der Waals surface area (Å²) in [5, 5.41) is 10.5. The summed E-state index contributed by atoms with van der Waals surface area (Å²) >= 11 is 0. The first-order chi connectivity index (χ1) is 40.6. The van der Waals surface area contributed by atoms with Crippen LogP contribution in [0.15, 0.2) is 0 Å². The van der Waals surface area contributed by atoms with Crippen molar-refractivity contribution in [1.29, 1.82) is 0 Å². The molecule has 0 saturated heterocycles. The van der Waals surface area contributed by atoms with Gasteiger partial charge in [-0.3, -0.25) is 37.3 Å². The third-order valence-corrected chi connectivity index (χ3v) is 17.0. The van der Waals surface area contributed by atoms with Gasteiger partial charge in [0, 0.05) is 25.7 Å². The van der Waals surface area contributed by atoms with Crippen LogP contribution in [0, 0.1) is 23.7 Å². The highest BCUT2D eigenvalue weighted by molar-refractivity contribution is 7.47. The Morgan fingerprint density at radius 3 is 0.729 bits per heavy atom. The maximum absolute atomic E-state index is 13.0. The molecule has 0 aliphatic carbocycles. The third-order valence-electron chi connectivity index (χ3n) is 15.1. The van der Waals surface area contributed by atoms with Gasteiger partial charge in [-0.15, -0.1) is 0 Å². The summed E-state index contributed by atoms with van der Waals surface area (Å²) in [6.07, 6.45) is 36.5. The van der Waals surface area contributed by atoms with Crippen LogP contribution in [0.25, 0.3) is 0 Å². The first-order valence-corrected chi connectivity index (χ1v) is 37.2. The molecule has 0 radical (unpaired) electrons. The van der Waals surface area contributed by atoms with Crippen molar-refractivity contribution in [2.75, 3.05) is 39.6 Å². The number of phosphoric acid groups is 2. The zero-order valence-electron chi connectivity index (χ0n) is 55.2. The molecule has 0 bridgehead atoms. The molecule has 0 saturated carbocycles. The first kappa shape index (κ1) is 83.1. The van der Waals surface area contributed by atoms with Gasteiger partial charge in [0.15, 0.2) is 12.2 Å². The van der Waals surface area contributed by atoms with E-state index < -0.39 is 97.5 Å². The Hall–Kier alpha value is -1.94. The van der Waals surface area contributed by atoms with Crippen molar-refractivity contribution in [2.45, 2.75) is 337 Å². The lowest BCUT2D eigenvalue weighted by atomic mass is 10.0. The minimum atomic E-state index is -4.95. The molecule has 3 N–H and O–H groups in total. The number of hydrogen-bond acceptors (Lipinski definition) is 15. The van der Waals surface area contributed by atoms with Crippen LogP contribution in [0.5, 0.6) is 0 Å². The number of phosphoric ester groups is 2. The summed E-state index contributed by atoms with van der Waals surface area (Å²) in [6.45, 7) is 13.9. The summed E-state index contributed by atoms with van der Waals surface area (Å²) in [6, 6.07) is 0. The third kappa shape index (κ3) is 60.7. The number of carbonyl (C=O) groups excluding carboxylic acids is 4. The maximum atomic E-state index is 13.0. The lowest BCUT2D eigenvalue weighted by Gasteiger charge is -2.21. The molecule has 0 fully saturated rings. The molecule has 19 heteroatoms. The van der Waals surface area contributed by atoms with Crippen molar-refractivity contribution in [3.63, 3.8) is 0 Å². The summed E-state index contributed by atoms with van der Waals surface area (Å²) in [7, 11) is -9.89. The van der Waals surface area contributed by atoms with E-state index in [0.29, 0.717) is 37.5 Å². The lowest BCUT2D eigenvalue weighted by Crippen LogP contribution is -2.30. The number of aliphatic hydroxyl groups is 1. The second-order valence-corrected chi connectivity index (χ2v) is 28.7. The molecular formula is C66H128O17P2. The van der Waals surface area contributed by atoms with E-state index in [1.54, 1.807) is 0 Å². The van der Waals surface area contributed by atoms with Gasteiger partial charge >= 0.3 is 39.5 Å². The summed E-state index contributed by atoms with van der Waals surface area (Å²) in [5.41, 5.74) is 0. The van der Waals surface area contributed by atoms with Crippen molar-refractivity contribution in [1.82, 2.24) is 0 Å². The number of aliphatic hydroxyl groups excluding tert-OH is 1. The minimum absolute atomic E-state index is 0.100. The molecule has 0 heterocycles. The van der Waals surface area contributed by atoms with Crippen molar-refractivity contribution in [3.8, 4) is 0 Å². The Morgan fingerprint density at radius 1 is 0.294 bits per heavy atom. The molecule has 0 aliphatic heterocycles. The molecule has 5 atom stereocenters. The zero-order valence-corrected chi connectivity index (χ0v) is 57.0. The van der Waals surface area contributed by atoms with Gasteiger partial charge in [0.25, 0.3) is 0 Å². The summed E-state index contributed by atoms with van der Waals surface area (Å²) in [4.78, 5) is 72.3. The van der Waals surface area contributed by atoms with Crippen LogP contribution in [0.2, 0.25) is 0 Å². The highest BCUT2D eigenvalue weighted by Gasteiger charge is 2.30. The van der Waals surface area contributed by atoms with Crippen LogP contribution in [0.4, 0.5) is 0 Å². The summed E-state index contributed by atoms with van der Waals surface area (Å²) in [5.74, 6) is 0.731. The van der Waals surface area contributed by atoms with E-state index in [0.717, 1.165) is 108 Å². The van der Waals surface area contributed by atoms with Crippen LogP contribution in [-0.4, -0.2) is 96.7 Å². The molecule has 17 nitrogen and oxygen atoms in total. The van der Waals surface area contributed by atoms with Crippen LogP contribution >= 0.6 is 15.6 Å². The highest BCUT2D eigenvalue weighted by atomic mass is 31.2. The minimum Gasteiger partial charge on any atom is -0.462 e. The number of esters is 4. The average Bonchev–Trinajstić information content (AvgIpc) is 3.55. The summed E-state index contributed by atoms with van der Waals surface area (Å²) < 4.78 is 68.0. The molecule has 0 spiro atoms. The number of ether oxygens (including phenoxy) is 4. The Bertz CT molecular complexity index is 1700. The van der Waals surface area contributed by atoms with Crippen LogP contribution in [0.1, 0.15) is 319 Å². The molecule has 0 aliphatic rings. The number of unbranched alkanes of at least 4 members (excludes halogenated alkanes) is 29. The monoisotopic (exact) mass is 1250 g/mol. The molecule has 0 rings (SSSR count). The fraction of sp³-hybridized carbons (Fsp3) is 0.939. The number of rotatable bonds is 63. The van der Waals surface area contributed by atoms with Crippen LogP contribution < -0.4 is 0 Å². The maximum Gasteiger partial charge on any atom is 0.472 e. The van der Waals surface area contributed by atoms with E-state index in [1.165, 1.54) is 116 Å². The Kier molecular flexibility index (Phi) is 54.8. The van der Waals surface area contributed by atoms with Crippen molar-refractivity contribution < 1.29 is 80.2 Å². The zero-order chi connectivity index (χ0) is 63.2. The van der Waals surface area contributed by atoms with Gasteiger partial charge in [0.1, 0.15) is 19.3 Å². The van der Waals surface area contributed by atoms with E-state index in [2.05, 4.69) is 55.4 Å². The van der Waals surface area contributed by atoms with Crippen molar-refractivity contribution in [3.05, 3.63) is 0 Å². The van der Waals surface area contributed by atoms with Gasteiger partial charge in [-0.1, -0.05) is 267 Å². The normalized spacial score (nSPS) is 14.4. The van der Waals surface area contributed by atoms with E-state index in [9.17, 15) is 43.2 Å². The van der Waals surface area contributed by atoms with E-state index in [1.807, 2.05) is 0 Å². The highest BCUT2D eigenvalue weighted by Crippen LogP contribution is 2.45. The SMILES string of the molecule is CC(C)CCCCCCCCCCCCCC(=O)OC[C@H](COP(=O)(O)OC[C@@H](O)COP(=O)(O)OC[C@@H](COC(=O)CCCCCCCCC(C)C)OC(=O)CCCCCCCCC(C)C)OC(=O)CCCCCCCCCCCCC(C)C. The van der Waals surface area contributed by atoms with Crippen LogP contribution in [0.3, 0.4) is 0 Å². The van der Waals surface area contributed by atoms with Gasteiger partial charge in [-0.05, 0) is 49.4 Å². The fourth-order valence-corrected chi connectivity index (χ4v) is 11.4. The van der Waals surface area contributed by atoms with Crippen LogP contribution in [-0.2, 0) is 65.4 Å². The second kappa shape index (κ2) is 56.1. The van der Waals surface area contributed by atoms with E-state index in [4.69, 9.17) is 37.0 Å². The van der Waals surface area contributed by atoms with Crippen molar-refractivity contribution in [2.24, 2.45) is 23.7 Å². The van der Waals surface area contributed by atoms with Gasteiger partial charge in [0.05, 0.1) is 26.4 Å². The predicted molar refractivity (Wildman–Crippen MR) is 340 cm³/mol. The van der Waals surface area contributed by atoms with Crippen molar-refractivity contribution >= 4 is 39.5 Å². The number of carbonyl (C=O) groups is 4. The molecule has 85 heavy (non-hydrogen) atoms. The average molecular weight is 1260 g/mol.